The Balaban J connectivity index is 2.65. The summed E-state index contributed by atoms with van der Waals surface area (Å²) < 4.78 is 5.29. The Kier molecular flexibility index (Phi) is 8.38. The van der Waals surface area contributed by atoms with Gasteiger partial charge in [-0.1, -0.05) is 33.1 Å². The molecule has 0 aliphatic carbocycles. The van der Waals surface area contributed by atoms with Gasteiger partial charge in [0.25, 0.3) is 0 Å². The fourth-order valence-corrected chi connectivity index (χ4v) is 2.57. The van der Waals surface area contributed by atoms with Crippen LogP contribution in [0, 0.1) is 5.92 Å². The summed E-state index contributed by atoms with van der Waals surface area (Å²) in [4.78, 5) is 23.7. The third-order valence-corrected chi connectivity index (χ3v) is 4.17. The van der Waals surface area contributed by atoms with Crippen molar-refractivity contribution < 1.29 is 14.3 Å². The van der Waals surface area contributed by atoms with E-state index in [0.717, 1.165) is 18.4 Å². The molecule has 23 heavy (non-hydrogen) atoms. The number of ether oxygens (including phenoxy) is 1. The Morgan fingerprint density at radius 2 is 2.00 bits per heavy atom. The Bertz CT molecular complexity index is 525. The molecular formula is C19H29NO3. The summed E-state index contributed by atoms with van der Waals surface area (Å²) >= 11 is 0. The monoisotopic (exact) mass is 319 g/mol. The van der Waals surface area contributed by atoms with Crippen LogP contribution in [0.5, 0.6) is 5.75 Å². The Morgan fingerprint density at radius 1 is 1.26 bits per heavy atom. The molecule has 1 amide bonds. The topological polar surface area (TPSA) is 55.4 Å². The summed E-state index contributed by atoms with van der Waals surface area (Å²) in [6.07, 6.45) is 4.83. The standard InChI is InChI=1S/C19H29NO3/c1-5-7-8-15(6-2)13-20-19(22)12-17-11-16(14(3)21)9-10-18(17)23-4/h9-11,15H,5-8,12-13H2,1-4H3,(H,20,22). The van der Waals surface area contributed by atoms with Gasteiger partial charge in [0.15, 0.2) is 5.78 Å². The minimum atomic E-state index is -0.0287. The highest BCUT2D eigenvalue weighted by molar-refractivity contribution is 5.94. The number of benzene rings is 1. The van der Waals surface area contributed by atoms with Crippen molar-refractivity contribution in [1.82, 2.24) is 5.32 Å². The molecule has 128 valence electrons. The summed E-state index contributed by atoms with van der Waals surface area (Å²) in [5.41, 5.74) is 1.35. The number of unbranched alkanes of at least 4 members (excludes halogenated alkanes) is 1. The second-order valence-corrected chi connectivity index (χ2v) is 5.98. The van der Waals surface area contributed by atoms with Crippen molar-refractivity contribution in [1.29, 1.82) is 0 Å². The van der Waals surface area contributed by atoms with Crippen molar-refractivity contribution in [2.45, 2.75) is 52.9 Å². The number of carbonyl (C=O) groups excluding carboxylic acids is 2. The maximum atomic E-state index is 12.2. The molecule has 1 rings (SSSR count). The lowest BCUT2D eigenvalue weighted by atomic mass is 9.99. The summed E-state index contributed by atoms with van der Waals surface area (Å²) in [6.45, 7) is 6.57. The molecule has 0 radical (unpaired) electrons. The van der Waals surface area contributed by atoms with E-state index in [4.69, 9.17) is 4.74 Å². The van der Waals surface area contributed by atoms with E-state index >= 15 is 0 Å². The van der Waals surface area contributed by atoms with Crippen LogP contribution in [0.3, 0.4) is 0 Å². The van der Waals surface area contributed by atoms with Gasteiger partial charge in [-0.05, 0) is 37.5 Å². The van der Waals surface area contributed by atoms with Gasteiger partial charge < -0.3 is 10.1 Å². The fourth-order valence-electron chi connectivity index (χ4n) is 2.57. The maximum absolute atomic E-state index is 12.2. The number of amides is 1. The van der Waals surface area contributed by atoms with Crippen LogP contribution in [0.15, 0.2) is 18.2 Å². The quantitative estimate of drug-likeness (QED) is 0.668. The van der Waals surface area contributed by atoms with E-state index in [1.165, 1.54) is 19.8 Å². The van der Waals surface area contributed by atoms with Gasteiger partial charge >= 0.3 is 0 Å². The predicted octanol–water partition coefficient (Wildman–Crippen LogP) is 3.77. The second-order valence-electron chi connectivity index (χ2n) is 5.98. The molecule has 1 aromatic carbocycles. The zero-order valence-electron chi connectivity index (χ0n) is 14.8. The maximum Gasteiger partial charge on any atom is 0.224 e. The number of hydrogen-bond acceptors (Lipinski definition) is 3. The van der Waals surface area contributed by atoms with Crippen LogP contribution in [0.1, 0.15) is 62.4 Å². The van der Waals surface area contributed by atoms with Gasteiger partial charge in [-0.3, -0.25) is 9.59 Å². The molecule has 1 unspecified atom stereocenters. The van der Waals surface area contributed by atoms with Crippen LogP contribution in [-0.2, 0) is 11.2 Å². The Hall–Kier alpha value is -1.84. The summed E-state index contributed by atoms with van der Waals surface area (Å²) in [6, 6.07) is 5.21. The minimum Gasteiger partial charge on any atom is -0.496 e. The number of Topliss-reactive ketones (excluding diaryl/α,β-unsaturated/α-hetero) is 1. The first-order chi connectivity index (χ1) is 11.0. The van der Waals surface area contributed by atoms with E-state index < -0.39 is 0 Å². The van der Waals surface area contributed by atoms with Crippen molar-refractivity contribution >= 4 is 11.7 Å². The highest BCUT2D eigenvalue weighted by Crippen LogP contribution is 2.21. The molecule has 4 heteroatoms. The van der Waals surface area contributed by atoms with Crippen molar-refractivity contribution in [3.8, 4) is 5.75 Å². The van der Waals surface area contributed by atoms with Gasteiger partial charge in [0.2, 0.25) is 5.91 Å². The number of hydrogen-bond donors (Lipinski definition) is 1. The molecule has 0 fully saturated rings. The molecule has 0 aliphatic rings. The highest BCUT2D eigenvalue weighted by Gasteiger charge is 2.13. The highest BCUT2D eigenvalue weighted by atomic mass is 16.5. The zero-order chi connectivity index (χ0) is 17.2. The lowest BCUT2D eigenvalue weighted by Gasteiger charge is -2.16. The first-order valence-electron chi connectivity index (χ1n) is 8.46. The SMILES string of the molecule is CCCCC(CC)CNC(=O)Cc1cc(C(C)=O)ccc1OC. The van der Waals surface area contributed by atoms with Crippen LogP contribution >= 0.6 is 0 Å². The van der Waals surface area contributed by atoms with Crippen molar-refractivity contribution in [2.75, 3.05) is 13.7 Å². The minimum absolute atomic E-state index is 0.0140. The Labute approximate surface area is 139 Å². The lowest BCUT2D eigenvalue weighted by Crippen LogP contribution is -2.30. The zero-order valence-corrected chi connectivity index (χ0v) is 14.8. The molecule has 0 spiro atoms. The molecule has 4 nitrogen and oxygen atoms in total. The summed E-state index contributed by atoms with van der Waals surface area (Å²) in [5.74, 6) is 1.13. The van der Waals surface area contributed by atoms with Gasteiger partial charge in [0.05, 0.1) is 13.5 Å². The van der Waals surface area contributed by atoms with Crippen LogP contribution in [0.25, 0.3) is 0 Å². The second kappa shape index (κ2) is 10.0. The third-order valence-electron chi connectivity index (χ3n) is 4.17. The molecule has 0 bridgehead atoms. The van der Waals surface area contributed by atoms with Crippen molar-refractivity contribution in [3.63, 3.8) is 0 Å². The van der Waals surface area contributed by atoms with Gasteiger partial charge in [-0.15, -0.1) is 0 Å². The van der Waals surface area contributed by atoms with Crippen LogP contribution in [-0.4, -0.2) is 25.3 Å². The lowest BCUT2D eigenvalue weighted by molar-refractivity contribution is -0.120. The van der Waals surface area contributed by atoms with Crippen LogP contribution in [0.4, 0.5) is 0 Å². The number of rotatable bonds is 10. The van der Waals surface area contributed by atoms with Gasteiger partial charge in [0, 0.05) is 17.7 Å². The molecular weight excluding hydrogens is 290 g/mol. The van der Waals surface area contributed by atoms with E-state index in [-0.39, 0.29) is 18.1 Å². The summed E-state index contributed by atoms with van der Waals surface area (Å²) in [7, 11) is 1.57. The number of methoxy groups -OCH3 is 1. The normalized spacial score (nSPS) is 11.8. The predicted molar refractivity (Wildman–Crippen MR) is 93.0 cm³/mol. The molecule has 0 saturated heterocycles. The number of carbonyl (C=O) groups is 2. The molecule has 1 atom stereocenters. The van der Waals surface area contributed by atoms with Crippen LogP contribution < -0.4 is 10.1 Å². The molecule has 0 aliphatic heterocycles. The van der Waals surface area contributed by atoms with Gasteiger partial charge in [-0.2, -0.15) is 0 Å². The third kappa shape index (κ3) is 6.43. The van der Waals surface area contributed by atoms with Crippen molar-refractivity contribution in [2.24, 2.45) is 5.92 Å². The van der Waals surface area contributed by atoms with E-state index in [1.807, 2.05) is 0 Å². The number of ketones is 1. The first-order valence-corrected chi connectivity index (χ1v) is 8.46. The van der Waals surface area contributed by atoms with E-state index in [2.05, 4.69) is 19.2 Å². The molecule has 0 saturated carbocycles. The molecule has 0 aromatic heterocycles. The Morgan fingerprint density at radius 3 is 2.57 bits per heavy atom. The fraction of sp³-hybridized carbons (Fsp3) is 0.579. The number of nitrogens with one attached hydrogen (secondary N) is 1. The average molecular weight is 319 g/mol. The summed E-state index contributed by atoms with van der Waals surface area (Å²) in [5, 5.41) is 3.01. The smallest absolute Gasteiger partial charge is 0.224 e. The van der Waals surface area contributed by atoms with E-state index in [9.17, 15) is 9.59 Å². The molecule has 1 N–H and O–H groups in total. The molecule has 0 heterocycles. The molecule has 1 aromatic rings. The van der Waals surface area contributed by atoms with E-state index in [1.54, 1.807) is 25.3 Å². The first kappa shape index (κ1) is 19.2. The van der Waals surface area contributed by atoms with Gasteiger partial charge in [-0.25, -0.2) is 0 Å². The van der Waals surface area contributed by atoms with Crippen molar-refractivity contribution in [3.05, 3.63) is 29.3 Å². The van der Waals surface area contributed by atoms with Crippen LogP contribution in [0.2, 0.25) is 0 Å². The largest absolute Gasteiger partial charge is 0.496 e. The van der Waals surface area contributed by atoms with Gasteiger partial charge in [0.1, 0.15) is 5.75 Å². The van der Waals surface area contributed by atoms with E-state index in [0.29, 0.717) is 23.8 Å². The average Bonchev–Trinajstić information content (AvgIpc) is 2.54.